The number of nitrogens with zero attached hydrogens (tertiary/aromatic N) is 2. The van der Waals surface area contributed by atoms with E-state index in [-0.39, 0.29) is 12.2 Å². The molecule has 0 saturated heterocycles. The zero-order chi connectivity index (χ0) is 34.9. The minimum Gasteiger partial charge on any atom is -0.394 e. The Hall–Kier alpha value is -5.08. The minimum atomic E-state index is -0.835. The van der Waals surface area contributed by atoms with E-state index in [2.05, 4.69) is 42.3 Å². The first-order chi connectivity index (χ1) is 21.4. The van der Waals surface area contributed by atoms with Crippen LogP contribution in [0.4, 0.5) is 9.59 Å². The minimum absolute atomic E-state index is 0.167. The van der Waals surface area contributed by atoms with Gasteiger partial charge in [-0.3, -0.25) is 30.4 Å². The van der Waals surface area contributed by atoms with Crippen molar-refractivity contribution in [3.8, 4) is 0 Å². The van der Waals surface area contributed by atoms with Gasteiger partial charge in [0.25, 0.3) is 11.8 Å². The Morgan fingerprint density at radius 3 is 1.20 bits per heavy atom. The highest BCUT2D eigenvalue weighted by atomic mass is 16.3. The van der Waals surface area contributed by atoms with Crippen molar-refractivity contribution < 1.29 is 29.4 Å². The molecule has 0 fully saturated rings. The number of hydrogen-bond donors (Lipinski definition) is 8. The molecular weight excluding hydrogens is 592 g/mol. The average Bonchev–Trinajstić information content (AvgIpc) is 2.98. The molecule has 0 aliphatic heterocycles. The monoisotopic (exact) mass is 638 g/mol. The molecule has 14 heteroatoms. The fourth-order valence-electron chi connectivity index (χ4n) is 3.45. The summed E-state index contributed by atoms with van der Waals surface area (Å²) in [6.07, 6.45) is 5.57. The maximum absolute atomic E-state index is 12.5. The number of hydrogen-bond acceptors (Lipinski definition) is 8. The summed E-state index contributed by atoms with van der Waals surface area (Å²) in [5, 5.41) is 21.7. The van der Waals surface area contributed by atoms with Crippen LogP contribution < -0.4 is 32.3 Å². The fraction of sp³-hybridized carbons (Fsp3) is 0.375. The number of aromatic nitrogens is 2. The number of hydrazine groups is 2. The molecule has 0 aliphatic carbocycles. The summed E-state index contributed by atoms with van der Waals surface area (Å²) in [5.41, 5.74) is 9.91. The molecule has 0 spiro atoms. The first kappa shape index (κ1) is 38.9. The van der Waals surface area contributed by atoms with E-state index < -0.39 is 35.0 Å². The Morgan fingerprint density at radius 2 is 0.891 bits per heavy atom. The largest absolute Gasteiger partial charge is 0.394 e. The van der Waals surface area contributed by atoms with Crippen molar-refractivity contribution in [2.45, 2.75) is 78.7 Å². The zero-order valence-electron chi connectivity index (χ0n) is 27.5. The average molecular weight is 639 g/mol. The smallest absolute Gasteiger partial charge is 0.334 e. The molecule has 3 rings (SSSR count). The summed E-state index contributed by atoms with van der Waals surface area (Å²) in [4.78, 5) is 56.9. The van der Waals surface area contributed by atoms with Crippen molar-refractivity contribution in [3.63, 3.8) is 0 Å². The van der Waals surface area contributed by atoms with Crippen LogP contribution >= 0.6 is 0 Å². The van der Waals surface area contributed by atoms with Crippen LogP contribution in [0.5, 0.6) is 0 Å². The van der Waals surface area contributed by atoms with E-state index in [4.69, 9.17) is 10.2 Å². The third kappa shape index (κ3) is 15.1. The second-order valence-electron chi connectivity index (χ2n) is 11.6. The quantitative estimate of drug-likeness (QED) is 0.188. The number of nitrogens with one attached hydrogen (secondary N) is 6. The summed E-state index contributed by atoms with van der Waals surface area (Å²) in [6.45, 7) is 14.1. The van der Waals surface area contributed by atoms with Crippen molar-refractivity contribution in [1.29, 1.82) is 0 Å². The Morgan fingerprint density at radius 1 is 0.587 bits per heavy atom. The highest BCUT2D eigenvalue weighted by Gasteiger charge is 2.28. The van der Waals surface area contributed by atoms with Crippen LogP contribution in [-0.2, 0) is 11.1 Å². The molecule has 2 aromatic heterocycles. The van der Waals surface area contributed by atoms with Crippen molar-refractivity contribution >= 4 is 23.9 Å². The number of rotatable bonds is 6. The molecule has 3 aromatic rings. The molecule has 0 saturated carbocycles. The van der Waals surface area contributed by atoms with E-state index in [1.807, 2.05) is 24.3 Å². The molecule has 0 bridgehead atoms. The standard InChI is InChI=1S/C26H30N8O4.2C3H8O/c1-25(2,29-23(37)33-31-21(35)17-8-12-27-13-9-17)19-6-5-7-20(16-19)26(3,4)30-24(38)34-32-22(36)18-10-14-28-15-11-18;2*1-3(2)4/h5-16H,1-4H3,(H,31,35)(H,32,36)(H2,29,33,37)(H2,30,34,38);2*3-4H,1-2H3. The molecular formula is C32H46N8O6. The molecule has 0 atom stereocenters. The number of aliphatic hydroxyl groups excluding tert-OH is 2. The molecule has 1 aromatic carbocycles. The normalized spacial score (nSPS) is 10.7. The van der Waals surface area contributed by atoms with Gasteiger partial charge in [0, 0.05) is 48.1 Å². The lowest BCUT2D eigenvalue weighted by atomic mass is 9.87. The Labute approximate surface area is 269 Å². The number of aliphatic hydroxyl groups is 2. The van der Waals surface area contributed by atoms with Crippen molar-refractivity contribution in [2.75, 3.05) is 0 Å². The molecule has 2 heterocycles. The van der Waals surface area contributed by atoms with E-state index in [9.17, 15) is 19.2 Å². The fourth-order valence-corrected chi connectivity index (χ4v) is 3.45. The lowest BCUT2D eigenvalue weighted by Crippen LogP contribution is -2.53. The molecule has 6 amide bonds. The number of amides is 6. The highest BCUT2D eigenvalue weighted by Crippen LogP contribution is 2.26. The summed E-state index contributed by atoms with van der Waals surface area (Å²) in [6, 6.07) is 12.2. The van der Waals surface area contributed by atoms with Gasteiger partial charge in [-0.25, -0.2) is 20.4 Å². The van der Waals surface area contributed by atoms with Gasteiger partial charge in [0.05, 0.1) is 11.1 Å². The van der Waals surface area contributed by atoms with Crippen molar-refractivity contribution in [1.82, 2.24) is 42.3 Å². The van der Waals surface area contributed by atoms with Crippen LogP contribution in [0.3, 0.4) is 0 Å². The second kappa shape index (κ2) is 18.7. The predicted molar refractivity (Wildman–Crippen MR) is 174 cm³/mol. The molecule has 0 aliphatic rings. The number of carbonyl (C=O) groups is 4. The van der Waals surface area contributed by atoms with E-state index in [0.717, 1.165) is 11.1 Å². The Balaban J connectivity index is 0.00000118. The Bertz CT molecular complexity index is 1290. The maximum atomic E-state index is 12.5. The molecule has 46 heavy (non-hydrogen) atoms. The first-order valence-corrected chi connectivity index (χ1v) is 14.5. The molecule has 0 radical (unpaired) electrons. The third-order valence-corrected chi connectivity index (χ3v) is 5.62. The highest BCUT2D eigenvalue weighted by molar-refractivity contribution is 5.95. The number of urea groups is 2. The van der Waals surface area contributed by atoms with Crippen LogP contribution in [0.25, 0.3) is 0 Å². The van der Waals surface area contributed by atoms with Gasteiger partial charge < -0.3 is 20.8 Å². The molecule has 250 valence electrons. The van der Waals surface area contributed by atoms with E-state index in [1.54, 1.807) is 55.4 Å². The lowest BCUT2D eigenvalue weighted by Gasteiger charge is -2.31. The van der Waals surface area contributed by atoms with Crippen molar-refractivity contribution in [2.24, 2.45) is 0 Å². The van der Waals surface area contributed by atoms with Crippen LogP contribution in [0.2, 0.25) is 0 Å². The third-order valence-electron chi connectivity index (χ3n) is 5.62. The second-order valence-corrected chi connectivity index (χ2v) is 11.6. The van der Waals surface area contributed by atoms with Gasteiger partial charge in [0.1, 0.15) is 0 Å². The predicted octanol–water partition coefficient (Wildman–Crippen LogP) is 3.01. The van der Waals surface area contributed by atoms with Gasteiger partial charge in [-0.05, 0) is 90.8 Å². The number of benzene rings is 1. The Kier molecular flexibility index (Phi) is 15.8. The summed E-state index contributed by atoms with van der Waals surface area (Å²) in [5.74, 6) is -0.962. The maximum Gasteiger partial charge on any atom is 0.334 e. The molecule has 14 nitrogen and oxygen atoms in total. The summed E-state index contributed by atoms with van der Waals surface area (Å²) < 4.78 is 0. The van der Waals surface area contributed by atoms with Crippen molar-refractivity contribution in [3.05, 3.63) is 95.6 Å². The van der Waals surface area contributed by atoms with Crippen LogP contribution in [0.1, 0.15) is 87.2 Å². The van der Waals surface area contributed by atoms with Gasteiger partial charge in [-0.15, -0.1) is 0 Å². The number of carbonyl (C=O) groups excluding carboxylic acids is 4. The lowest BCUT2D eigenvalue weighted by molar-refractivity contribution is 0.0928. The molecule has 0 unspecified atom stereocenters. The van der Waals surface area contributed by atoms with Crippen LogP contribution in [-0.4, -0.2) is 56.3 Å². The van der Waals surface area contributed by atoms with E-state index >= 15 is 0 Å². The van der Waals surface area contributed by atoms with Gasteiger partial charge in [-0.2, -0.15) is 0 Å². The van der Waals surface area contributed by atoms with Crippen LogP contribution in [0.15, 0.2) is 73.3 Å². The SMILES string of the molecule is CC(C)(NC(=O)NNC(=O)c1ccncc1)c1cccc(C(C)(C)NC(=O)NNC(=O)c2ccncc2)c1.CC(C)O.CC(C)O. The summed E-state index contributed by atoms with van der Waals surface area (Å²) in [7, 11) is 0. The van der Waals surface area contributed by atoms with Gasteiger partial charge >= 0.3 is 12.1 Å². The van der Waals surface area contributed by atoms with Gasteiger partial charge in [-0.1, -0.05) is 24.3 Å². The molecule has 8 N–H and O–H groups in total. The zero-order valence-corrected chi connectivity index (χ0v) is 27.5. The van der Waals surface area contributed by atoms with E-state index in [1.165, 1.54) is 49.1 Å². The topological polar surface area (TPSA) is 207 Å². The van der Waals surface area contributed by atoms with Crippen LogP contribution in [0, 0.1) is 0 Å². The number of pyridine rings is 2. The van der Waals surface area contributed by atoms with E-state index in [0.29, 0.717) is 11.1 Å². The summed E-state index contributed by atoms with van der Waals surface area (Å²) >= 11 is 0. The van der Waals surface area contributed by atoms with Gasteiger partial charge in [0.2, 0.25) is 0 Å². The van der Waals surface area contributed by atoms with Gasteiger partial charge in [0.15, 0.2) is 0 Å². The first-order valence-electron chi connectivity index (χ1n) is 14.5.